The van der Waals surface area contributed by atoms with Gasteiger partial charge in [0.05, 0.1) is 0 Å². The van der Waals surface area contributed by atoms with Gasteiger partial charge < -0.3 is 10.5 Å². The molecule has 0 amide bonds. The molecule has 2 N–H and O–H groups in total. The van der Waals surface area contributed by atoms with Gasteiger partial charge in [0.15, 0.2) is 0 Å². The van der Waals surface area contributed by atoms with Gasteiger partial charge in [0.2, 0.25) is 0 Å². The topological polar surface area (TPSA) is 52.3 Å². The second kappa shape index (κ2) is 4.09. The summed E-state index contributed by atoms with van der Waals surface area (Å²) in [5, 5.41) is 0. The number of rotatable bonds is 3. The average molecular weight is 187 g/mol. The molecule has 0 saturated carbocycles. The van der Waals surface area contributed by atoms with Gasteiger partial charge in [0.1, 0.15) is 11.1 Å². The van der Waals surface area contributed by atoms with Crippen LogP contribution >= 0.6 is 0 Å². The highest BCUT2D eigenvalue weighted by Gasteiger charge is 2.34. The van der Waals surface area contributed by atoms with Crippen LogP contribution in [-0.2, 0) is 9.53 Å². The first-order valence-electron chi connectivity index (χ1n) is 4.77. The molecule has 0 heterocycles. The highest BCUT2D eigenvalue weighted by Crippen LogP contribution is 2.18. The van der Waals surface area contributed by atoms with E-state index in [9.17, 15) is 4.79 Å². The third kappa shape index (κ3) is 3.77. The maximum Gasteiger partial charge on any atom is 0.326 e. The van der Waals surface area contributed by atoms with Crippen LogP contribution in [0.2, 0.25) is 0 Å². The molecule has 0 rings (SSSR count). The summed E-state index contributed by atoms with van der Waals surface area (Å²) in [6, 6.07) is 0. The summed E-state index contributed by atoms with van der Waals surface area (Å²) in [6.45, 7) is 9.32. The Hall–Kier alpha value is -0.570. The van der Waals surface area contributed by atoms with Crippen LogP contribution in [0.1, 0.15) is 47.5 Å². The van der Waals surface area contributed by atoms with E-state index in [2.05, 4.69) is 0 Å². The van der Waals surface area contributed by atoms with E-state index < -0.39 is 11.1 Å². The molecule has 78 valence electrons. The molecule has 0 saturated heterocycles. The first kappa shape index (κ1) is 12.4. The van der Waals surface area contributed by atoms with Crippen LogP contribution in [0.15, 0.2) is 0 Å². The quantitative estimate of drug-likeness (QED) is 0.686. The van der Waals surface area contributed by atoms with Crippen molar-refractivity contribution in [1.29, 1.82) is 0 Å². The fraction of sp³-hybridized carbons (Fsp3) is 0.900. The van der Waals surface area contributed by atoms with Crippen molar-refractivity contribution in [2.75, 3.05) is 0 Å². The summed E-state index contributed by atoms with van der Waals surface area (Å²) < 4.78 is 5.22. The molecule has 0 fully saturated rings. The molecule has 0 bridgehead atoms. The maximum atomic E-state index is 11.6. The van der Waals surface area contributed by atoms with Crippen LogP contribution in [0.5, 0.6) is 0 Å². The zero-order valence-electron chi connectivity index (χ0n) is 9.31. The Morgan fingerprint density at radius 3 is 1.85 bits per heavy atom. The molecule has 0 aromatic rings. The molecule has 0 spiro atoms. The van der Waals surface area contributed by atoms with Crippen molar-refractivity contribution >= 4 is 5.97 Å². The number of hydrogen-bond donors (Lipinski definition) is 1. The Balaban J connectivity index is 4.41. The van der Waals surface area contributed by atoms with E-state index in [0.717, 1.165) is 0 Å². The van der Waals surface area contributed by atoms with Crippen molar-refractivity contribution in [2.24, 2.45) is 5.73 Å². The van der Waals surface area contributed by atoms with Gasteiger partial charge >= 0.3 is 5.97 Å². The lowest BCUT2D eigenvalue weighted by molar-refractivity contribution is -0.162. The number of esters is 1. The monoisotopic (exact) mass is 187 g/mol. The van der Waals surface area contributed by atoms with Crippen molar-refractivity contribution in [1.82, 2.24) is 0 Å². The van der Waals surface area contributed by atoms with Crippen molar-refractivity contribution in [3.8, 4) is 0 Å². The second-order valence-corrected chi connectivity index (χ2v) is 4.37. The molecule has 3 nitrogen and oxygen atoms in total. The highest BCUT2D eigenvalue weighted by molar-refractivity contribution is 5.80. The SMILES string of the molecule is CCC(N)(CC)C(=O)OC(C)(C)C. The number of carbonyl (C=O) groups excluding carboxylic acids is 1. The minimum atomic E-state index is -0.812. The van der Waals surface area contributed by atoms with Crippen molar-refractivity contribution < 1.29 is 9.53 Å². The predicted octanol–water partition coefficient (Wildman–Crippen LogP) is 1.85. The standard InChI is InChI=1S/C10H21NO2/c1-6-10(11,7-2)8(12)13-9(3,4)5/h6-7,11H2,1-5H3. The van der Waals surface area contributed by atoms with Gasteiger partial charge in [-0.1, -0.05) is 13.8 Å². The van der Waals surface area contributed by atoms with Gasteiger partial charge in [0, 0.05) is 0 Å². The van der Waals surface area contributed by atoms with Crippen molar-refractivity contribution in [2.45, 2.75) is 58.6 Å². The van der Waals surface area contributed by atoms with E-state index in [0.29, 0.717) is 12.8 Å². The summed E-state index contributed by atoms with van der Waals surface area (Å²) in [6.07, 6.45) is 1.22. The lowest BCUT2D eigenvalue weighted by Crippen LogP contribution is -2.50. The number of ether oxygens (including phenoxy) is 1. The summed E-state index contributed by atoms with van der Waals surface area (Å²) in [5.74, 6) is -0.301. The fourth-order valence-corrected chi connectivity index (χ4v) is 0.918. The Morgan fingerprint density at radius 2 is 1.62 bits per heavy atom. The highest BCUT2D eigenvalue weighted by atomic mass is 16.6. The zero-order chi connectivity index (χ0) is 10.7. The average Bonchev–Trinajstić information content (AvgIpc) is 2.00. The van der Waals surface area contributed by atoms with Crippen LogP contribution in [0.4, 0.5) is 0 Å². The van der Waals surface area contributed by atoms with Crippen LogP contribution in [0.25, 0.3) is 0 Å². The van der Waals surface area contributed by atoms with Gasteiger partial charge in [-0.25, -0.2) is 0 Å². The maximum absolute atomic E-state index is 11.6. The van der Waals surface area contributed by atoms with Gasteiger partial charge in [0.25, 0.3) is 0 Å². The van der Waals surface area contributed by atoms with Crippen LogP contribution < -0.4 is 5.73 Å². The minimum absolute atomic E-state index is 0.301. The molecule has 3 heteroatoms. The van der Waals surface area contributed by atoms with Crippen molar-refractivity contribution in [3.05, 3.63) is 0 Å². The van der Waals surface area contributed by atoms with E-state index in [1.165, 1.54) is 0 Å². The molecule has 0 atom stereocenters. The third-order valence-corrected chi connectivity index (χ3v) is 2.07. The first-order valence-corrected chi connectivity index (χ1v) is 4.77. The van der Waals surface area contributed by atoms with Crippen LogP contribution in [-0.4, -0.2) is 17.1 Å². The van der Waals surface area contributed by atoms with Gasteiger partial charge in [-0.2, -0.15) is 0 Å². The van der Waals surface area contributed by atoms with Crippen molar-refractivity contribution in [3.63, 3.8) is 0 Å². The molecule has 0 aliphatic heterocycles. The molecule has 0 aliphatic carbocycles. The Kier molecular flexibility index (Phi) is 3.91. The van der Waals surface area contributed by atoms with Gasteiger partial charge in [-0.3, -0.25) is 4.79 Å². The Morgan fingerprint density at radius 1 is 1.23 bits per heavy atom. The molecule has 0 radical (unpaired) electrons. The summed E-state index contributed by atoms with van der Waals surface area (Å²) >= 11 is 0. The largest absolute Gasteiger partial charge is 0.459 e. The number of carbonyl (C=O) groups is 1. The van der Waals surface area contributed by atoms with E-state index >= 15 is 0 Å². The third-order valence-electron chi connectivity index (χ3n) is 2.07. The van der Waals surface area contributed by atoms with Crippen LogP contribution in [0, 0.1) is 0 Å². The van der Waals surface area contributed by atoms with E-state index in [1.54, 1.807) is 0 Å². The first-order chi connectivity index (χ1) is 5.75. The Bertz CT molecular complexity index is 178. The smallest absolute Gasteiger partial charge is 0.326 e. The van der Waals surface area contributed by atoms with Gasteiger partial charge in [-0.15, -0.1) is 0 Å². The molecular weight excluding hydrogens is 166 g/mol. The van der Waals surface area contributed by atoms with E-state index in [4.69, 9.17) is 10.5 Å². The lowest BCUT2D eigenvalue weighted by Gasteiger charge is -2.29. The minimum Gasteiger partial charge on any atom is -0.459 e. The molecule has 13 heavy (non-hydrogen) atoms. The zero-order valence-corrected chi connectivity index (χ0v) is 9.31. The Labute approximate surface area is 80.6 Å². The van der Waals surface area contributed by atoms with E-state index in [1.807, 2.05) is 34.6 Å². The summed E-state index contributed by atoms with van der Waals surface area (Å²) in [5.41, 5.74) is 4.61. The predicted molar refractivity (Wildman–Crippen MR) is 53.3 cm³/mol. The van der Waals surface area contributed by atoms with E-state index in [-0.39, 0.29) is 5.97 Å². The normalized spacial score (nSPS) is 12.8. The summed E-state index contributed by atoms with van der Waals surface area (Å²) in [4.78, 5) is 11.6. The molecular formula is C10H21NO2. The molecule has 0 aromatic heterocycles. The molecule has 0 aromatic carbocycles. The number of hydrogen-bond acceptors (Lipinski definition) is 3. The molecule has 0 aliphatic rings. The molecule has 0 unspecified atom stereocenters. The lowest BCUT2D eigenvalue weighted by atomic mass is 9.94. The summed E-state index contributed by atoms with van der Waals surface area (Å²) in [7, 11) is 0. The second-order valence-electron chi connectivity index (χ2n) is 4.37. The van der Waals surface area contributed by atoms with Crippen LogP contribution in [0.3, 0.4) is 0 Å². The number of nitrogens with two attached hydrogens (primary N) is 1. The van der Waals surface area contributed by atoms with Gasteiger partial charge in [-0.05, 0) is 33.6 Å². The fourth-order valence-electron chi connectivity index (χ4n) is 0.918.